The third-order valence-electron chi connectivity index (χ3n) is 5.31. The summed E-state index contributed by atoms with van der Waals surface area (Å²) in [5.41, 5.74) is 0.889. The van der Waals surface area contributed by atoms with E-state index in [1.165, 1.54) is 24.5 Å². The van der Waals surface area contributed by atoms with E-state index in [0.29, 0.717) is 6.04 Å². The van der Waals surface area contributed by atoms with E-state index in [-0.39, 0.29) is 16.1 Å². The normalized spacial score (nSPS) is 16.5. The summed E-state index contributed by atoms with van der Waals surface area (Å²) in [5, 5.41) is 24.5. The van der Waals surface area contributed by atoms with Crippen LogP contribution in [0.25, 0.3) is 0 Å². The predicted molar refractivity (Wildman–Crippen MR) is 123 cm³/mol. The van der Waals surface area contributed by atoms with Gasteiger partial charge in [0.05, 0.1) is 24.5 Å². The standard InChI is InChI=1S/C14H17N5O3S.C6H9N3O2S/c1-17(2)11-5-8-18(9-6-11)14(20)16-23(21,22)13-7-10-19(15-13)12-3-4-12;7-12(10,11)6-3-4-9(8-6)5-1-2-5/h5-10,12H,3-4H2,1-2H3;3-5H,1-2H2,(H2,7,10,11). The van der Waals surface area contributed by atoms with E-state index >= 15 is 0 Å². The molecule has 3 aromatic rings. The lowest BCUT2D eigenvalue weighted by molar-refractivity contribution is -0.613. The molecule has 0 spiro atoms. The average molecular weight is 523 g/mol. The summed E-state index contributed by atoms with van der Waals surface area (Å²) in [5.74, 6) is 0. The SMILES string of the molecule is CN(C)c1cc[n+](C([O-])=NS(=O)(=O)c2ccn(C3CC3)n2)cc1.NS(=O)(=O)c1ccn(C2CC2)n1. The van der Waals surface area contributed by atoms with Crippen molar-refractivity contribution in [2.75, 3.05) is 19.0 Å². The predicted octanol–water partition coefficient (Wildman–Crippen LogP) is -0.610. The van der Waals surface area contributed by atoms with Crippen LogP contribution in [0.1, 0.15) is 37.8 Å². The van der Waals surface area contributed by atoms with Crippen LogP contribution in [0.4, 0.5) is 5.69 Å². The molecule has 2 fully saturated rings. The van der Waals surface area contributed by atoms with Crippen LogP contribution in [-0.2, 0) is 20.0 Å². The zero-order chi connectivity index (χ0) is 25.4. The van der Waals surface area contributed by atoms with Gasteiger partial charge in [-0.1, -0.05) is 0 Å². The van der Waals surface area contributed by atoms with Gasteiger partial charge in [0, 0.05) is 48.7 Å². The largest absolute Gasteiger partial charge is 0.806 e. The number of hydrogen-bond donors (Lipinski definition) is 1. The van der Waals surface area contributed by atoms with Crippen molar-refractivity contribution in [2.24, 2.45) is 9.54 Å². The third kappa shape index (κ3) is 6.23. The van der Waals surface area contributed by atoms with Gasteiger partial charge in [-0.15, -0.1) is 0 Å². The lowest BCUT2D eigenvalue weighted by atomic mass is 10.4. The maximum Gasteiger partial charge on any atom is 0.388 e. The first-order valence-corrected chi connectivity index (χ1v) is 13.8. The lowest BCUT2D eigenvalue weighted by Gasteiger charge is -2.12. The fourth-order valence-electron chi connectivity index (χ4n) is 3.06. The summed E-state index contributed by atoms with van der Waals surface area (Å²) >= 11 is 0. The van der Waals surface area contributed by atoms with E-state index in [0.717, 1.165) is 35.9 Å². The molecule has 0 unspecified atom stereocenters. The van der Waals surface area contributed by atoms with Gasteiger partial charge in [0.1, 0.15) is 0 Å². The second kappa shape index (κ2) is 9.39. The number of sulfonamides is 2. The molecule has 35 heavy (non-hydrogen) atoms. The second-order valence-electron chi connectivity index (χ2n) is 8.48. The number of pyridine rings is 1. The Morgan fingerprint density at radius 2 is 1.46 bits per heavy atom. The molecule has 0 aliphatic heterocycles. The van der Waals surface area contributed by atoms with Crippen molar-refractivity contribution in [2.45, 2.75) is 47.8 Å². The molecule has 2 saturated carbocycles. The first kappa shape index (κ1) is 24.8. The van der Waals surface area contributed by atoms with Crippen LogP contribution in [0.5, 0.6) is 0 Å². The number of rotatable bonds is 6. The van der Waals surface area contributed by atoms with E-state index in [2.05, 4.69) is 14.6 Å². The minimum atomic E-state index is -4.11. The zero-order valence-electron chi connectivity index (χ0n) is 19.2. The molecule has 188 valence electrons. The van der Waals surface area contributed by atoms with Crippen LogP contribution < -0.4 is 19.7 Å². The Kier molecular flexibility index (Phi) is 6.66. The molecular weight excluding hydrogens is 496 g/mol. The monoisotopic (exact) mass is 522 g/mol. The molecule has 2 aliphatic carbocycles. The average Bonchev–Trinajstić information content (AvgIpc) is 3.72. The van der Waals surface area contributed by atoms with Gasteiger partial charge in [0.25, 0.3) is 16.0 Å². The topological polar surface area (TPSA) is 172 Å². The number of aromatic nitrogens is 5. The van der Waals surface area contributed by atoms with E-state index in [1.807, 2.05) is 19.0 Å². The molecule has 0 radical (unpaired) electrons. The Labute approximate surface area is 203 Å². The number of nitrogens with zero attached hydrogens (tertiary/aromatic N) is 7. The van der Waals surface area contributed by atoms with Crippen LogP contribution in [-0.4, -0.2) is 56.5 Å². The molecule has 15 heteroatoms. The Morgan fingerprint density at radius 3 is 1.89 bits per heavy atom. The number of primary sulfonamides is 1. The minimum Gasteiger partial charge on any atom is -0.806 e. The van der Waals surface area contributed by atoms with Gasteiger partial charge in [-0.2, -0.15) is 18.6 Å². The Balaban J connectivity index is 0.000000201. The molecular formula is C20H26N8O5S2. The minimum absolute atomic E-state index is 0.0469. The Morgan fingerprint density at radius 1 is 0.971 bits per heavy atom. The Hall–Kier alpha value is -3.30. The van der Waals surface area contributed by atoms with Crippen molar-refractivity contribution in [1.82, 2.24) is 19.6 Å². The summed E-state index contributed by atoms with van der Waals surface area (Å²) < 4.78 is 53.6. The van der Waals surface area contributed by atoms with E-state index in [4.69, 9.17) is 5.14 Å². The molecule has 3 aromatic heterocycles. The van der Waals surface area contributed by atoms with Crippen LogP contribution >= 0.6 is 0 Å². The molecule has 2 aliphatic rings. The van der Waals surface area contributed by atoms with Crippen molar-refractivity contribution in [1.29, 1.82) is 0 Å². The van der Waals surface area contributed by atoms with Crippen molar-refractivity contribution in [3.63, 3.8) is 0 Å². The summed E-state index contributed by atoms with van der Waals surface area (Å²) in [6.45, 7) is 0. The van der Waals surface area contributed by atoms with Crippen molar-refractivity contribution in [3.8, 4) is 0 Å². The van der Waals surface area contributed by atoms with E-state index in [9.17, 15) is 21.9 Å². The molecule has 3 heterocycles. The van der Waals surface area contributed by atoms with Crippen LogP contribution in [0.15, 0.2) is 63.5 Å². The highest BCUT2D eigenvalue weighted by molar-refractivity contribution is 7.90. The van der Waals surface area contributed by atoms with Gasteiger partial charge in [0.15, 0.2) is 5.03 Å². The van der Waals surface area contributed by atoms with Crippen LogP contribution in [0.3, 0.4) is 0 Å². The zero-order valence-corrected chi connectivity index (χ0v) is 20.8. The molecule has 5 rings (SSSR count). The van der Waals surface area contributed by atoms with Crippen molar-refractivity contribution in [3.05, 3.63) is 49.1 Å². The fourth-order valence-corrected chi connectivity index (χ4v) is 4.34. The van der Waals surface area contributed by atoms with Gasteiger partial charge in [-0.3, -0.25) is 9.36 Å². The summed E-state index contributed by atoms with van der Waals surface area (Å²) in [6, 6.07) is 5.96. The van der Waals surface area contributed by atoms with Gasteiger partial charge < -0.3 is 10.0 Å². The van der Waals surface area contributed by atoms with E-state index < -0.39 is 26.1 Å². The van der Waals surface area contributed by atoms with Crippen LogP contribution in [0.2, 0.25) is 0 Å². The molecule has 0 bridgehead atoms. The molecule has 0 atom stereocenters. The maximum absolute atomic E-state index is 12.2. The number of anilines is 1. The quantitative estimate of drug-likeness (QED) is 0.254. The van der Waals surface area contributed by atoms with E-state index in [1.54, 1.807) is 33.9 Å². The maximum atomic E-state index is 12.2. The summed E-state index contributed by atoms with van der Waals surface area (Å²) in [6.07, 6.45) is 10.3. The molecule has 0 aromatic carbocycles. The van der Waals surface area contributed by atoms with Crippen molar-refractivity contribution < 1.29 is 26.5 Å². The molecule has 13 nitrogen and oxygen atoms in total. The number of nitrogens with two attached hydrogens (primary N) is 1. The van der Waals surface area contributed by atoms with Gasteiger partial charge in [-0.05, 0) is 37.8 Å². The van der Waals surface area contributed by atoms with Crippen LogP contribution in [0, 0.1) is 0 Å². The first-order chi connectivity index (χ1) is 16.4. The molecule has 2 N–H and O–H groups in total. The summed E-state index contributed by atoms with van der Waals surface area (Å²) in [7, 11) is -3.99. The highest BCUT2D eigenvalue weighted by Crippen LogP contribution is 2.34. The van der Waals surface area contributed by atoms with Gasteiger partial charge in [0.2, 0.25) is 5.03 Å². The number of hydrogen-bond acceptors (Lipinski definition) is 8. The second-order valence-corrected chi connectivity index (χ2v) is 11.5. The van der Waals surface area contributed by atoms with Gasteiger partial charge >= 0.3 is 10.0 Å². The lowest BCUT2D eigenvalue weighted by Crippen LogP contribution is -2.51. The molecule has 0 saturated heterocycles. The highest BCUT2D eigenvalue weighted by atomic mass is 32.2. The van der Waals surface area contributed by atoms with Crippen molar-refractivity contribution >= 4 is 31.8 Å². The third-order valence-corrected chi connectivity index (χ3v) is 7.26. The smallest absolute Gasteiger partial charge is 0.388 e. The summed E-state index contributed by atoms with van der Waals surface area (Å²) in [4.78, 5) is 1.87. The fraction of sp³-hybridized carbons (Fsp3) is 0.400. The molecule has 0 amide bonds. The Bertz CT molecular complexity index is 1430. The van der Waals surface area contributed by atoms with Gasteiger partial charge in [-0.25, -0.2) is 18.1 Å². The first-order valence-electron chi connectivity index (χ1n) is 10.8. The highest BCUT2D eigenvalue weighted by Gasteiger charge is 2.29.